The molecule has 2 aromatic rings. The van der Waals surface area contributed by atoms with E-state index in [1.54, 1.807) is 49.4 Å². The first-order chi connectivity index (χ1) is 16.8. The number of ketones is 1. The Kier molecular flexibility index (Phi) is 8.54. The first-order valence-electron chi connectivity index (χ1n) is 11.5. The van der Waals surface area contributed by atoms with Crippen molar-refractivity contribution in [2.24, 2.45) is 0 Å². The molecule has 3 rings (SSSR count). The maximum atomic E-state index is 13.2. The fourth-order valence-electron chi connectivity index (χ4n) is 4.01. The molecule has 0 spiro atoms. The summed E-state index contributed by atoms with van der Waals surface area (Å²) in [5.41, 5.74) is 0.937. The molecular weight excluding hydrogens is 448 g/mol. The number of carbonyl (C=O) groups excluding carboxylic acids is 2. The van der Waals surface area contributed by atoms with E-state index < -0.39 is 17.7 Å². The summed E-state index contributed by atoms with van der Waals surface area (Å²) >= 11 is 0. The Hall–Kier alpha value is -3.78. The Bertz CT molecular complexity index is 1110. The lowest BCUT2D eigenvalue weighted by Crippen LogP contribution is -2.32. The molecule has 1 unspecified atom stereocenters. The second kappa shape index (κ2) is 11.6. The van der Waals surface area contributed by atoms with Gasteiger partial charge < -0.3 is 29.5 Å². The van der Waals surface area contributed by atoms with Gasteiger partial charge in [-0.3, -0.25) is 9.59 Å². The summed E-state index contributed by atoms with van der Waals surface area (Å²) < 4.78 is 11.0. The van der Waals surface area contributed by atoms with Crippen LogP contribution in [0.5, 0.6) is 17.2 Å². The Labute approximate surface area is 205 Å². The highest BCUT2D eigenvalue weighted by molar-refractivity contribution is 6.46. The molecule has 8 heteroatoms. The van der Waals surface area contributed by atoms with Crippen LogP contribution in [0, 0.1) is 0 Å². The zero-order valence-electron chi connectivity index (χ0n) is 20.4. The van der Waals surface area contributed by atoms with Crippen LogP contribution in [0.25, 0.3) is 5.76 Å². The summed E-state index contributed by atoms with van der Waals surface area (Å²) in [4.78, 5) is 29.7. The number of aromatic hydroxyl groups is 1. The van der Waals surface area contributed by atoms with Crippen molar-refractivity contribution in [3.63, 3.8) is 0 Å². The minimum atomic E-state index is -0.825. The average Bonchev–Trinajstić information content (AvgIpc) is 3.09. The van der Waals surface area contributed by atoms with Crippen LogP contribution in [0.1, 0.15) is 30.5 Å². The Balaban J connectivity index is 2.08. The van der Waals surface area contributed by atoms with Crippen molar-refractivity contribution in [3.05, 3.63) is 71.8 Å². The second-order valence-corrected chi connectivity index (χ2v) is 8.43. The molecule has 1 aliphatic heterocycles. The number of likely N-dealkylation sites (tertiary alicyclic amines) is 1. The van der Waals surface area contributed by atoms with Gasteiger partial charge in [-0.15, -0.1) is 0 Å². The predicted octanol–water partition coefficient (Wildman–Crippen LogP) is 3.73. The number of aliphatic hydroxyl groups excluding tert-OH is 1. The highest BCUT2D eigenvalue weighted by Gasteiger charge is 2.46. The zero-order valence-corrected chi connectivity index (χ0v) is 20.4. The minimum Gasteiger partial charge on any atom is -0.507 e. The monoisotopic (exact) mass is 480 g/mol. The van der Waals surface area contributed by atoms with E-state index in [4.69, 9.17) is 9.47 Å². The molecule has 1 saturated heterocycles. The number of ether oxygens (including phenoxy) is 2. The number of phenolic OH excluding ortho intramolecular Hbond substituents is 1. The Morgan fingerprint density at radius 3 is 2.49 bits per heavy atom. The van der Waals surface area contributed by atoms with Crippen LogP contribution in [-0.4, -0.2) is 72.1 Å². The maximum absolute atomic E-state index is 13.2. The fraction of sp³-hybridized carbons (Fsp3) is 0.333. The van der Waals surface area contributed by atoms with E-state index in [-0.39, 0.29) is 22.8 Å². The van der Waals surface area contributed by atoms with Crippen molar-refractivity contribution in [2.45, 2.75) is 19.4 Å². The molecule has 35 heavy (non-hydrogen) atoms. The molecule has 2 N–H and O–H groups in total. The molecule has 0 aromatic heterocycles. The van der Waals surface area contributed by atoms with E-state index in [1.165, 1.54) is 11.0 Å². The van der Waals surface area contributed by atoms with Gasteiger partial charge in [0.15, 0.2) is 11.5 Å². The average molecular weight is 481 g/mol. The third-order valence-electron chi connectivity index (χ3n) is 5.64. The van der Waals surface area contributed by atoms with Crippen molar-refractivity contribution in [3.8, 4) is 17.2 Å². The standard InChI is InChI=1S/C27H32N2O6/c1-5-16-35-20-11-8-18(9-12-20)25(31)23-24(19-10-13-21(30)22(17-19)34-6-2)29(27(33)26(23)32)15-7-14-28(3)4/h5,8-13,17,24,30-31H,1,6-7,14-16H2,2-4H3/b25-23+. The van der Waals surface area contributed by atoms with Crippen molar-refractivity contribution < 1.29 is 29.3 Å². The molecule has 0 aliphatic carbocycles. The maximum Gasteiger partial charge on any atom is 0.295 e. The van der Waals surface area contributed by atoms with Crippen LogP contribution < -0.4 is 9.47 Å². The number of hydrogen-bond donors (Lipinski definition) is 2. The number of rotatable bonds is 11. The predicted molar refractivity (Wildman–Crippen MR) is 134 cm³/mol. The molecule has 1 fully saturated rings. The molecule has 0 bridgehead atoms. The number of amides is 1. The molecular formula is C27H32N2O6. The topological polar surface area (TPSA) is 99.5 Å². The lowest BCUT2D eigenvalue weighted by molar-refractivity contribution is -0.139. The molecule has 2 aromatic carbocycles. The van der Waals surface area contributed by atoms with Gasteiger partial charge in [0.25, 0.3) is 11.7 Å². The van der Waals surface area contributed by atoms with E-state index in [0.29, 0.717) is 43.1 Å². The summed E-state index contributed by atoms with van der Waals surface area (Å²) in [6.07, 6.45) is 2.27. The van der Waals surface area contributed by atoms with Crippen LogP contribution >= 0.6 is 0 Å². The number of benzene rings is 2. The zero-order chi connectivity index (χ0) is 25.5. The van der Waals surface area contributed by atoms with Gasteiger partial charge in [-0.1, -0.05) is 18.7 Å². The third kappa shape index (κ3) is 5.84. The van der Waals surface area contributed by atoms with E-state index in [0.717, 1.165) is 6.54 Å². The molecule has 1 heterocycles. The number of Topliss-reactive ketones (excluding diaryl/α,β-unsaturated/α-hetero) is 1. The normalized spacial score (nSPS) is 17.1. The summed E-state index contributed by atoms with van der Waals surface area (Å²) in [5, 5.41) is 21.4. The summed E-state index contributed by atoms with van der Waals surface area (Å²) in [6.45, 7) is 7.13. The first-order valence-corrected chi connectivity index (χ1v) is 11.5. The van der Waals surface area contributed by atoms with Gasteiger partial charge in [0.2, 0.25) is 0 Å². The van der Waals surface area contributed by atoms with Gasteiger partial charge in [-0.2, -0.15) is 0 Å². The van der Waals surface area contributed by atoms with E-state index in [9.17, 15) is 19.8 Å². The molecule has 1 aliphatic rings. The van der Waals surface area contributed by atoms with Crippen molar-refractivity contribution in [1.82, 2.24) is 9.80 Å². The number of nitrogens with zero attached hydrogens (tertiary/aromatic N) is 2. The first kappa shape index (κ1) is 25.8. The van der Waals surface area contributed by atoms with Gasteiger partial charge in [0.1, 0.15) is 18.1 Å². The molecule has 1 atom stereocenters. The van der Waals surface area contributed by atoms with Crippen LogP contribution in [0.3, 0.4) is 0 Å². The largest absolute Gasteiger partial charge is 0.507 e. The van der Waals surface area contributed by atoms with Gasteiger partial charge in [-0.25, -0.2) is 0 Å². The Morgan fingerprint density at radius 1 is 1.14 bits per heavy atom. The van der Waals surface area contributed by atoms with Crippen LogP contribution in [0.2, 0.25) is 0 Å². The second-order valence-electron chi connectivity index (χ2n) is 8.43. The highest BCUT2D eigenvalue weighted by atomic mass is 16.5. The van der Waals surface area contributed by atoms with Crippen LogP contribution in [0.4, 0.5) is 0 Å². The Morgan fingerprint density at radius 2 is 1.86 bits per heavy atom. The van der Waals surface area contributed by atoms with Crippen molar-refractivity contribution >= 4 is 17.4 Å². The smallest absolute Gasteiger partial charge is 0.295 e. The summed E-state index contributed by atoms with van der Waals surface area (Å²) in [6, 6.07) is 10.5. The summed E-state index contributed by atoms with van der Waals surface area (Å²) in [5.74, 6) is -0.919. The van der Waals surface area contributed by atoms with E-state index >= 15 is 0 Å². The van der Waals surface area contributed by atoms with E-state index in [2.05, 4.69) is 6.58 Å². The van der Waals surface area contributed by atoms with Crippen LogP contribution in [0.15, 0.2) is 60.7 Å². The van der Waals surface area contributed by atoms with E-state index in [1.807, 2.05) is 19.0 Å². The molecule has 186 valence electrons. The van der Waals surface area contributed by atoms with Gasteiger partial charge >= 0.3 is 0 Å². The third-order valence-corrected chi connectivity index (χ3v) is 5.64. The van der Waals surface area contributed by atoms with Gasteiger partial charge in [0, 0.05) is 12.1 Å². The number of carbonyl (C=O) groups is 2. The van der Waals surface area contributed by atoms with Gasteiger partial charge in [0.05, 0.1) is 18.2 Å². The lowest BCUT2D eigenvalue weighted by atomic mass is 9.95. The number of aliphatic hydroxyl groups is 1. The quantitative estimate of drug-likeness (QED) is 0.219. The number of phenols is 1. The molecule has 0 saturated carbocycles. The lowest BCUT2D eigenvalue weighted by Gasteiger charge is -2.26. The minimum absolute atomic E-state index is 0.00671. The molecule has 8 nitrogen and oxygen atoms in total. The number of hydrogen-bond acceptors (Lipinski definition) is 7. The SMILES string of the molecule is C=CCOc1ccc(/C(O)=C2\C(=O)C(=O)N(CCCN(C)C)C2c2ccc(O)c(OCC)c2)cc1. The summed E-state index contributed by atoms with van der Waals surface area (Å²) in [7, 11) is 3.87. The molecule has 1 amide bonds. The van der Waals surface area contributed by atoms with Crippen LogP contribution in [-0.2, 0) is 9.59 Å². The molecule has 0 radical (unpaired) electrons. The van der Waals surface area contributed by atoms with Gasteiger partial charge in [-0.05, 0) is 75.9 Å². The van der Waals surface area contributed by atoms with Crippen molar-refractivity contribution in [2.75, 3.05) is 40.4 Å². The highest BCUT2D eigenvalue weighted by Crippen LogP contribution is 2.42. The van der Waals surface area contributed by atoms with Crippen molar-refractivity contribution in [1.29, 1.82) is 0 Å². The fourth-order valence-corrected chi connectivity index (χ4v) is 4.01.